The Morgan fingerprint density at radius 1 is 1.31 bits per heavy atom. The summed E-state index contributed by atoms with van der Waals surface area (Å²) in [6.45, 7) is 4.33. The van der Waals surface area contributed by atoms with E-state index in [9.17, 15) is 0 Å². The largest absolute Gasteiger partial charge is 0.383 e. The zero-order valence-corrected chi connectivity index (χ0v) is 9.98. The Morgan fingerprint density at radius 2 is 2.00 bits per heavy atom. The summed E-state index contributed by atoms with van der Waals surface area (Å²) in [7, 11) is 1.77. The molecule has 2 rings (SSSR count). The smallest absolute Gasteiger partial charge is 0.0589 e. The first-order valence-corrected chi connectivity index (χ1v) is 6.07. The van der Waals surface area contributed by atoms with Gasteiger partial charge in [-0.2, -0.15) is 0 Å². The lowest BCUT2D eigenvalue weighted by Crippen LogP contribution is -2.35. The van der Waals surface area contributed by atoms with Crippen molar-refractivity contribution in [3.05, 3.63) is 35.9 Å². The number of hydrogen-bond donors (Lipinski definition) is 0. The average molecular weight is 218 g/mol. The van der Waals surface area contributed by atoms with Crippen LogP contribution in [0.15, 0.2) is 24.3 Å². The summed E-state index contributed by atoms with van der Waals surface area (Å²) in [5.74, 6) is 0.744. The molecule has 0 spiro atoms. The predicted octanol–water partition coefficient (Wildman–Crippen LogP) is 2.31. The van der Waals surface area contributed by atoms with Crippen LogP contribution in [0.5, 0.6) is 0 Å². The van der Waals surface area contributed by atoms with Gasteiger partial charge in [-0.3, -0.25) is 0 Å². The molecule has 0 aliphatic carbocycles. The predicted molar refractivity (Wildman–Crippen MR) is 65.6 cm³/mol. The summed E-state index contributed by atoms with van der Waals surface area (Å²) in [6.07, 6.45) is 2.54. The highest BCUT2D eigenvalue weighted by molar-refractivity contribution is 5.19. The van der Waals surface area contributed by atoms with Gasteiger partial charge in [-0.15, -0.1) is 0 Å². The van der Waals surface area contributed by atoms with Crippen LogP contribution in [-0.4, -0.2) is 38.3 Å². The highest BCUT2D eigenvalue weighted by Gasteiger charge is 2.19. The molecule has 0 unspecified atom stereocenters. The maximum atomic E-state index is 5.11. The molecule has 1 radical (unpaired) electrons. The first kappa shape index (κ1) is 11.6. The third-order valence-electron chi connectivity index (χ3n) is 3.41. The molecule has 1 heterocycles. The number of piperidine rings is 1. The van der Waals surface area contributed by atoms with Crippen LogP contribution in [0.3, 0.4) is 0 Å². The summed E-state index contributed by atoms with van der Waals surface area (Å²) in [5.41, 5.74) is 1.48. The lowest BCUT2D eigenvalue weighted by atomic mass is 9.89. The third-order valence-corrected chi connectivity index (χ3v) is 3.41. The molecule has 0 aromatic heterocycles. The van der Waals surface area contributed by atoms with Crippen molar-refractivity contribution in [3.8, 4) is 0 Å². The molecule has 1 saturated heterocycles. The van der Waals surface area contributed by atoms with Gasteiger partial charge in [-0.1, -0.05) is 24.3 Å². The molecule has 87 valence electrons. The molecular weight excluding hydrogens is 198 g/mol. The van der Waals surface area contributed by atoms with E-state index < -0.39 is 0 Å². The quantitative estimate of drug-likeness (QED) is 0.769. The van der Waals surface area contributed by atoms with Gasteiger partial charge in [0.15, 0.2) is 0 Å². The Hall–Kier alpha value is -0.860. The lowest BCUT2D eigenvalue weighted by molar-refractivity contribution is 0.130. The van der Waals surface area contributed by atoms with Gasteiger partial charge in [0, 0.05) is 13.7 Å². The van der Waals surface area contributed by atoms with Gasteiger partial charge in [-0.05, 0) is 43.5 Å². The number of benzene rings is 1. The molecule has 2 nitrogen and oxygen atoms in total. The number of ether oxygens (including phenoxy) is 1. The molecule has 0 amide bonds. The van der Waals surface area contributed by atoms with E-state index in [2.05, 4.69) is 23.1 Å². The van der Waals surface area contributed by atoms with Crippen LogP contribution in [0.2, 0.25) is 0 Å². The van der Waals surface area contributed by atoms with Crippen LogP contribution in [0.1, 0.15) is 24.3 Å². The monoisotopic (exact) mass is 218 g/mol. The number of hydrogen-bond acceptors (Lipinski definition) is 2. The van der Waals surface area contributed by atoms with Gasteiger partial charge in [-0.25, -0.2) is 0 Å². The molecule has 0 saturated carbocycles. The Labute approximate surface area is 98.2 Å². The van der Waals surface area contributed by atoms with E-state index in [1.165, 1.54) is 31.5 Å². The molecule has 0 N–H and O–H groups in total. The second-order valence-corrected chi connectivity index (χ2v) is 4.44. The van der Waals surface area contributed by atoms with Gasteiger partial charge < -0.3 is 9.64 Å². The van der Waals surface area contributed by atoms with Crippen molar-refractivity contribution >= 4 is 0 Å². The molecule has 0 atom stereocenters. The third kappa shape index (κ3) is 3.06. The first-order chi connectivity index (χ1) is 7.90. The molecule has 1 fully saturated rings. The molecule has 16 heavy (non-hydrogen) atoms. The standard InChI is InChI=1S/C14H20NO/c1-16-12-11-15-9-7-14(8-10-15)13-5-3-2-4-6-13/h3-6,14H,7-12H2,1H3. The minimum Gasteiger partial charge on any atom is -0.383 e. The maximum Gasteiger partial charge on any atom is 0.0589 e. The number of methoxy groups -OCH3 is 1. The summed E-state index contributed by atoms with van der Waals surface area (Å²) in [6, 6.07) is 11.5. The van der Waals surface area contributed by atoms with Crippen LogP contribution < -0.4 is 0 Å². The average Bonchev–Trinajstić information content (AvgIpc) is 2.38. The lowest BCUT2D eigenvalue weighted by Gasteiger charge is -2.31. The van der Waals surface area contributed by atoms with Crippen molar-refractivity contribution in [2.75, 3.05) is 33.4 Å². The summed E-state index contributed by atoms with van der Waals surface area (Å²) in [5, 5.41) is 0. The van der Waals surface area contributed by atoms with Gasteiger partial charge in [0.1, 0.15) is 0 Å². The molecule has 1 aliphatic rings. The van der Waals surface area contributed by atoms with Crippen LogP contribution in [0, 0.1) is 6.07 Å². The molecule has 0 bridgehead atoms. The van der Waals surface area contributed by atoms with Crippen LogP contribution >= 0.6 is 0 Å². The molecular formula is C14H20NO. The van der Waals surface area contributed by atoms with Crippen LogP contribution in [0.4, 0.5) is 0 Å². The zero-order valence-electron chi connectivity index (χ0n) is 9.98. The van der Waals surface area contributed by atoms with E-state index in [0.29, 0.717) is 0 Å². The molecule has 1 aromatic carbocycles. The van der Waals surface area contributed by atoms with Crippen molar-refractivity contribution in [2.45, 2.75) is 18.8 Å². The second-order valence-electron chi connectivity index (χ2n) is 4.44. The van der Waals surface area contributed by atoms with Crippen molar-refractivity contribution in [2.24, 2.45) is 0 Å². The Morgan fingerprint density at radius 3 is 2.62 bits per heavy atom. The van der Waals surface area contributed by atoms with E-state index in [1.54, 1.807) is 7.11 Å². The van der Waals surface area contributed by atoms with E-state index in [0.717, 1.165) is 19.1 Å². The Kier molecular flexibility index (Phi) is 4.37. The fraction of sp³-hybridized carbons (Fsp3) is 0.571. The Bertz CT molecular complexity index is 291. The number of nitrogens with zero attached hydrogens (tertiary/aromatic N) is 1. The van der Waals surface area contributed by atoms with Crippen molar-refractivity contribution in [3.63, 3.8) is 0 Å². The number of rotatable bonds is 4. The maximum absolute atomic E-state index is 5.11. The van der Waals surface area contributed by atoms with Gasteiger partial charge in [0.25, 0.3) is 0 Å². The first-order valence-electron chi connectivity index (χ1n) is 6.07. The summed E-state index contributed by atoms with van der Waals surface area (Å²) < 4.78 is 5.11. The topological polar surface area (TPSA) is 12.5 Å². The van der Waals surface area contributed by atoms with Crippen molar-refractivity contribution in [1.82, 2.24) is 4.90 Å². The van der Waals surface area contributed by atoms with Crippen LogP contribution in [-0.2, 0) is 4.74 Å². The minimum atomic E-state index is 0.744. The van der Waals surface area contributed by atoms with Crippen molar-refractivity contribution in [1.29, 1.82) is 0 Å². The second kappa shape index (κ2) is 6.02. The zero-order chi connectivity index (χ0) is 11.2. The normalized spacial score (nSPS) is 18.8. The summed E-state index contributed by atoms with van der Waals surface area (Å²) >= 11 is 0. The number of likely N-dealkylation sites (tertiary alicyclic amines) is 1. The van der Waals surface area contributed by atoms with E-state index >= 15 is 0 Å². The summed E-state index contributed by atoms with van der Waals surface area (Å²) in [4.78, 5) is 2.50. The fourth-order valence-corrected chi connectivity index (χ4v) is 2.38. The van der Waals surface area contributed by atoms with Gasteiger partial charge in [0.2, 0.25) is 0 Å². The highest BCUT2D eigenvalue weighted by Crippen LogP contribution is 2.27. The van der Waals surface area contributed by atoms with E-state index in [-0.39, 0.29) is 0 Å². The molecule has 2 heteroatoms. The van der Waals surface area contributed by atoms with Crippen LogP contribution in [0.25, 0.3) is 0 Å². The SMILES string of the molecule is COCCN1CCC(c2cc[c]cc2)CC1. The van der Waals surface area contributed by atoms with Crippen molar-refractivity contribution < 1.29 is 4.74 Å². The molecule has 1 aliphatic heterocycles. The van der Waals surface area contributed by atoms with Gasteiger partial charge in [0.05, 0.1) is 6.61 Å². The van der Waals surface area contributed by atoms with Gasteiger partial charge >= 0.3 is 0 Å². The fourth-order valence-electron chi connectivity index (χ4n) is 2.38. The van der Waals surface area contributed by atoms with E-state index in [4.69, 9.17) is 4.74 Å². The molecule has 1 aromatic rings. The van der Waals surface area contributed by atoms with E-state index in [1.807, 2.05) is 12.1 Å². The Balaban J connectivity index is 1.81. The minimum absolute atomic E-state index is 0.744. The highest BCUT2D eigenvalue weighted by atomic mass is 16.5.